The number of rotatable bonds is 4. The van der Waals surface area contributed by atoms with E-state index in [4.69, 9.17) is 0 Å². The molecule has 1 amide bonds. The number of carbonyl (C=O) groups excluding carboxylic acids is 1. The Morgan fingerprint density at radius 3 is 2.36 bits per heavy atom. The minimum absolute atomic E-state index is 0.0616. The lowest BCUT2D eigenvalue weighted by Crippen LogP contribution is -2.38. The highest BCUT2D eigenvalue weighted by Gasteiger charge is 2.14. The number of aliphatic hydroxyl groups excluding tert-OH is 1. The molecule has 0 aromatic carbocycles. The summed E-state index contributed by atoms with van der Waals surface area (Å²) in [5.41, 5.74) is 0. The van der Waals surface area contributed by atoms with Crippen LogP contribution in [0.3, 0.4) is 0 Å². The number of aliphatic hydroxyl groups is 1. The minimum atomic E-state index is -0.595. The second-order valence-corrected chi connectivity index (χ2v) is 2.57. The van der Waals surface area contributed by atoms with Gasteiger partial charge in [-0.2, -0.15) is 0 Å². The normalized spacial score (nSPS) is 12.7. The highest BCUT2D eigenvalue weighted by molar-refractivity contribution is 5.73. The smallest absolute Gasteiger partial charge is 0.221 e. The maximum atomic E-state index is 10.9. The van der Waals surface area contributed by atoms with Crippen LogP contribution in [0, 0.1) is 0 Å². The molecule has 0 fully saturated rings. The van der Waals surface area contributed by atoms with Crippen LogP contribution in [0.4, 0.5) is 0 Å². The van der Waals surface area contributed by atoms with Crippen LogP contribution in [-0.4, -0.2) is 28.7 Å². The van der Waals surface area contributed by atoms with Crippen molar-refractivity contribution in [3.05, 3.63) is 0 Å². The quantitative estimate of drug-likeness (QED) is 0.621. The maximum Gasteiger partial charge on any atom is 0.221 e. The summed E-state index contributed by atoms with van der Waals surface area (Å²) < 4.78 is 0. The van der Waals surface area contributed by atoms with E-state index < -0.39 is 6.23 Å². The average Bonchev–Trinajstić information content (AvgIpc) is 1.88. The molecule has 3 heteroatoms. The molecule has 1 atom stereocenters. The van der Waals surface area contributed by atoms with Crippen molar-refractivity contribution in [3.8, 4) is 0 Å². The van der Waals surface area contributed by atoms with E-state index >= 15 is 0 Å². The topological polar surface area (TPSA) is 40.5 Å². The minimum Gasteiger partial charge on any atom is -0.374 e. The third-order valence-corrected chi connectivity index (χ3v) is 1.65. The number of carbonyl (C=O) groups is 1. The summed E-state index contributed by atoms with van der Waals surface area (Å²) in [5.74, 6) is -0.0616. The molecule has 0 aliphatic carbocycles. The van der Waals surface area contributed by atoms with E-state index in [1.807, 2.05) is 13.8 Å². The molecule has 1 N–H and O–H groups in total. The zero-order valence-corrected chi connectivity index (χ0v) is 7.50. The molecule has 66 valence electrons. The van der Waals surface area contributed by atoms with Gasteiger partial charge in [-0.15, -0.1) is 0 Å². The molecule has 1 unspecified atom stereocenters. The van der Waals surface area contributed by atoms with Gasteiger partial charge in [-0.05, 0) is 13.3 Å². The van der Waals surface area contributed by atoms with E-state index in [1.165, 1.54) is 11.8 Å². The summed E-state index contributed by atoms with van der Waals surface area (Å²) in [5, 5.41) is 9.38. The van der Waals surface area contributed by atoms with Crippen molar-refractivity contribution in [3.63, 3.8) is 0 Å². The predicted molar refractivity (Wildman–Crippen MR) is 44.0 cm³/mol. The molecule has 0 aliphatic rings. The predicted octanol–water partition coefficient (Wildman–Crippen LogP) is 0.973. The molecule has 0 spiro atoms. The average molecular weight is 159 g/mol. The number of hydrogen-bond donors (Lipinski definition) is 1. The maximum absolute atomic E-state index is 10.9. The summed E-state index contributed by atoms with van der Waals surface area (Å²) in [4.78, 5) is 12.3. The Balaban J connectivity index is 3.91. The fourth-order valence-electron chi connectivity index (χ4n) is 1.06. The van der Waals surface area contributed by atoms with E-state index in [1.54, 1.807) is 0 Å². The van der Waals surface area contributed by atoms with E-state index in [-0.39, 0.29) is 5.91 Å². The zero-order valence-electron chi connectivity index (χ0n) is 7.50. The molecule has 0 bridgehead atoms. The van der Waals surface area contributed by atoms with Gasteiger partial charge in [0.25, 0.3) is 0 Å². The molecule has 0 saturated heterocycles. The monoisotopic (exact) mass is 159 g/mol. The molecular weight excluding hydrogens is 142 g/mol. The van der Waals surface area contributed by atoms with Gasteiger partial charge in [0, 0.05) is 13.5 Å². The SMILES string of the molecule is CCCC(O)N(CC)C(C)=O. The Kier molecular flexibility index (Phi) is 4.86. The molecule has 0 aliphatic heterocycles. The van der Waals surface area contributed by atoms with E-state index in [0.717, 1.165) is 6.42 Å². The van der Waals surface area contributed by atoms with Gasteiger partial charge in [-0.1, -0.05) is 13.3 Å². The summed E-state index contributed by atoms with van der Waals surface area (Å²) in [6, 6.07) is 0. The van der Waals surface area contributed by atoms with Crippen LogP contribution in [0.1, 0.15) is 33.6 Å². The van der Waals surface area contributed by atoms with Crippen LogP contribution < -0.4 is 0 Å². The first-order chi connectivity index (χ1) is 5.13. The van der Waals surface area contributed by atoms with Gasteiger partial charge in [-0.25, -0.2) is 0 Å². The Hall–Kier alpha value is -0.570. The van der Waals surface area contributed by atoms with Crippen LogP contribution in [0.15, 0.2) is 0 Å². The van der Waals surface area contributed by atoms with Crippen LogP contribution in [-0.2, 0) is 4.79 Å². The summed E-state index contributed by atoms with van der Waals surface area (Å²) in [6.45, 7) is 5.90. The lowest BCUT2D eigenvalue weighted by atomic mass is 10.3. The van der Waals surface area contributed by atoms with Gasteiger partial charge in [0.15, 0.2) is 0 Å². The van der Waals surface area contributed by atoms with E-state index in [0.29, 0.717) is 13.0 Å². The van der Waals surface area contributed by atoms with Crippen molar-refractivity contribution in [1.29, 1.82) is 0 Å². The molecule has 0 rings (SSSR count). The van der Waals surface area contributed by atoms with Gasteiger partial charge >= 0.3 is 0 Å². The van der Waals surface area contributed by atoms with Crippen molar-refractivity contribution >= 4 is 5.91 Å². The number of amides is 1. The highest BCUT2D eigenvalue weighted by Crippen LogP contribution is 2.03. The van der Waals surface area contributed by atoms with Crippen molar-refractivity contribution < 1.29 is 9.90 Å². The highest BCUT2D eigenvalue weighted by atomic mass is 16.3. The fraction of sp³-hybridized carbons (Fsp3) is 0.875. The first-order valence-electron chi connectivity index (χ1n) is 4.08. The van der Waals surface area contributed by atoms with Gasteiger partial charge in [-0.3, -0.25) is 4.79 Å². The fourth-order valence-corrected chi connectivity index (χ4v) is 1.06. The summed E-state index contributed by atoms with van der Waals surface area (Å²) in [7, 11) is 0. The standard InChI is InChI=1S/C8H17NO2/c1-4-6-8(11)9(5-2)7(3)10/h8,11H,4-6H2,1-3H3. The molecule has 0 aromatic rings. The largest absolute Gasteiger partial charge is 0.374 e. The van der Waals surface area contributed by atoms with Crippen LogP contribution in [0.5, 0.6) is 0 Å². The first-order valence-corrected chi connectivity index (χ1v) is 4.08. The third-order valence-electron chi connectivity index (χ3n) is 1.65. The number of nitrogens with zero attached hydrogens (tertiary/aromatic N) is 1. The molecule has 0 saturated carbocycles. The second-order valence-electron chi connectivity index (χ2n) is 2.57. The van der Waals surface area contributed by atoms with Crippen LogP contribution >= 0.6 is 0 Å². The molecule has 11 heavy (non-hydrogen) atoms. The van der Waals surface area contributed by atoms with Gasteiger partial charge in [0.2, 0.25) is 5.91 Å². The van der Waals surface area contributed by atoms with Crippen molar-refractivity contribution in [2.24, 2.45) is 0 Å². The molecule has 3 nitrogen and oxygen atoms in total. The van der Waals surface area contributed by atoms with Crippen molar-refractivity contribution in [1.82, 2.24) is 4.90 Å². The Morgan fingerprint density at radius 1 is 1.55 bits per heavy atom. The lowest BCUT2D eigenvalue weighted by molar-refractivity contribution is -0.138. The molecular formula is C8H17NO2. The molecule has 0 radical (unpaired) electrons. The zero-order chi connectivity index (χ0) is 8.85. The van der Waals surface area contributed by atoms with Gasteiger partial charge in [0.05, 0.1) is 0 Å². The first kappa shape index (κ1) is 10.4. The Labute approximate surface area is 68.0 Å². The van der Waals surface area contributed by atoms with Crippen molar-refractivity contribution in [2.75, 3.05) is 6.54 Å². The summed E-state index contributed by atoms with van der Waals surface area (Å²) >= 11 is 0. The second kappa shape index (κ2) is 5.13. The van der Waals surface area contributed by atoms with E-state index in [2.05, 4.69) is 0 Å². The van der Waals surface area contributed by atoms with Gasteiger partial charge in [0.1, 0.15) is 6.23 Å². The van der Waals surface area contributed by atoms with Crippen LogP contribution in [0.2, 0.25) is 0 Å². The Bertz CT molecular complexity index is 125. The van der Waals surface area contributed by atoms with Crippen molar-refractivity contribution in [2.45, 2.75) is 39.8 Å². The molecule has 0 aromatic heterocycles. The Morgan fingerprint density at radius 2 is 2.09 bits per heavy atom. The lowest BCUT2D eigenvalue weighted by Gasteiger charge is -2.24. The third kappa shape index (κ3) is 3.37. The number of hydrogen-bond acceptors (Lipinski definition) is 2. The van der Waals surface area contributed by atoms with Gasteiger partial charge < -0.3 is 10.0 Å². The van der Waals surface area contributed by atoms with E-state index in [9.17, 15) is 9.90 Å². The van der Waals surface area contributed by atoms with Crippen LogP contribution in [0.25, 0.3) is 0 Å². The summed E-state index contributed by atoms with van der Waals surface area (Å²) in [6.07, 6.45) is 0.959. The molecule has 0 heterocycles.